The van der Waals surface area contributed by atoms with Crippen LogP contribution in [0.2, 0.25) is 0 Å². The normalized spacial score (nSPS) is 13.7. The summed E-state index contributed by atoms with van der Waals surface area (Å²) in [5, 5.41) is 11.1. The molecule has 0 unspecified atom stereocenters. The molecule has 228 valence electrons. The van der Waals surface area contributed by atoms with Gasteiger partial charge < -0.3 is 29.6 Å². The molecule has 0 radical (unpaired) electrons. The largest absolute Gasteiger partial charge is 0.494 e. The van der Waals surface area contributed by atoms with Gasteiger partial charge >= 0.3 is 0 Å². The Morgan fingerprint density at radius 1 is 1.09 bits per heavy atom. The number of morpholine rings is 1. The lowest BCUT2D eigenvalue weighted by Crippen LogP contribution is -2.36. The number of benzene rings is 2. The van der Waals surface area contributed by atoms with Crippen molar-refractivity contribution in [2.24, 2.45) is 7.05 Å². The van der Waals surface area contributed by atoms with Crippen molar-refractivity contribution in [3.05, 3.63) is 59.5 Å². The van der Waals surface area contributed by atoms with Crippen molar-refractivity contribution in [2.45, 2.75) is 0 Å². The molecule has 44 heavy (non-hydrogen) atoms. The van der Waals surface area contributed by atoms with E-state index in [1.54, 1.807) is 74.2 Å². The number of methoxy groups -OCH3 is 1. The van der Waals surface area contributed by atoms with Crippen LogP contribution in [0.15, 0.2) is 53.7 Å². The highest BCUT2D eigenvalue weighted by Crippen LogP contribution is 2.44. The van der Waals surface area contributed by atoms with E-state index in [1.807, 2.05) is 0 Å². The number of nitrogens with zero attached hydrogens (tertiary/aromatic N) is 7. The van der Waals surface area contributed by atoms with Gasteiger partial charge in [0.25, 0.3) is 0 Å². The van der Waals surface area contributed by atoms with Crippen LogP contribution >= 0.6 is 23.1 Å². The van der Waals surface area contributed by atoms with E-state index in [0.29, 0.717) is 75.4 Å². The molecule has 15 heteroatoms. The van der Waals surface area contributed by atoms with E-state index < -0.39 is 13.0 Å². The van der Waals surface area contributed by atoms with Crippen molar-refractivity contribution >= 4 is 68.2 Å². The molecule has 1 aliphatic rings. The predicted octanol–water partition coefficient (Wildman–Crippen LogP) is 5.30. The standard InChI is InChI=1S/C29H30BrFN9O3P/c1-39-16-17(14-35-39)23-21(40-9-11-43-12-10-40)13-22(42-2)26(24(23)31)37-29-34-15-18(30)28(38-29)36-20-6-5-19-25(33-8-7-32-19)27(20)44(3,4)41/h5-8,13-16H,9-12H2,1-4H3,(H2,34,36,37,38). The predicted molar refractivity (Wildman–Crippen MR) is 173 cm³/mol. The molecule has 0 atom stereocenters. The van der Waals surface area contributed by atoms with Crippen molar-refractivity contribution in [1.29, 1.82) is 0 Å². The summed E-state index contributed by atoms with van der Waals surface area (Å²) >= 11 is 3.50. The van der Waals surface area contributed by atoms with Crippen LogP contribution in [0.3, 0.4) is 0 Å². The Morgan fingerprint density at radius 2 is 1.86 bits per heavy atom. The van der Waals surface area contributed by atoms with Crippen LogP contribution in [-0.4, -0.2) is 76.5 Å². The van der Waals surface area contributed by atoms with Gasteiger partial charge in [0.1, 0.15) is 29.9 Å². The first-order chi connectivity index (χ1) is 21.1. The van der Waals surface area contributed by atoms with E-state index in [2.05, 4.69) is 56.5 Å². The summed E-state index contributed by atoms with van der Waals surface area (Å²) in [5.41, 5.74) is 3.49. The minimum absolute atomic E-state index is 0.0740. The zero-order valence-corrected chi connectivity index (χ0v) is 27.0. The van der Waals surface area contributed by atoms with Crippen LogP contribution in [0.5, 0.6) is 5.75 Å². The summed E-state index contributed by atoms with van der Waals surface area (Å²) in [6.07, 6.45) is 8.10. The van der Waals surface area contributed by atoms with E-state index >= 15 is 4.39 Å². The molecule has 0 bridgehead atoms. The first-order valence-electron chi connectivity index (χ1n) is 13.7. The second-order valence-electron chi connectivity index (χ2n) is 10.5. The third-order valence-corrected chi connectivity index (χ3v) is 9.27. The van der Waals surface area contributed by atoms with Crippen molar-refractivity contribution < 1.29 is 18.4 Å². The van der Waals surface area contributed by atoms with Crippen LogP contribution in [0.4, 0.5) is 33.2 Å². The topological polar surface area (TPSA) is 132 Å². The molecule has 0 aliphatic carbocycles. The maximum atomic E-state index is 16.6. The molecule has 0 spiro atoms. The Bertz CT molecular complexity index is 1910. The molecule has 1 saturated heterocycles. The van der Waals surface area contributed by atoms with Gasteiger partial charge in [-0.15, -0.1) is 0 Å². The Kier molecular flexibility index (Phi) is 8.23. The summed E-state index contributed by atoms with van der Waals surface area (Å²) in [4.78, 5) is 19.9. The molecular formula is C29H30BrFN9O3P. The van der Waals surface area contributed by atoms with Gasteiger partial charge in [-0.1, -0.05) is 0 Å². The van der Waals surface area contributed by atoms with Crippen LogP contribution in [-0.2, 0) is 16.3 Å². The fourth-order valence-corrected chi connectivity index (χ4v) is 6.88. The van der Waals surface area contributed by atoms with Gasteiger partial charge in [-0.3, -0.25) is 14.6 Å². The van der Waals surface area contributed by atoms with E-state index in [0.717, 1.165) is 0 Å². The van der Waals surface area contributed by atoms with Crippen LogP contribution in [0, 0.1) is 5.82 Å². The van der Waals surface area contributed by atoms with Crippen LogP contribution in [0.25, 0.3) is 22.2 Å². The zero-order valence-electron chi connectivity index (χ0n) is 24.5. The van der Waals surface area contributed by atoms with Gasteiger partial charge in [0, 0.05) is 62.1 Å². The van der Waals surface area contributed by atoms with Gasteiger partial charge in [-0.2, -0.15) is 10.1 Å². The maximum absolute atomic E-state index is 16.6. The molecule has 3 aromatic heterocycles. The number of aromatic nitrogens is 6. The molecule has 6 rings (SSSR count). The molecule has 2 aromatic carbocycles. The minimum Gasteiger partial charge on any atom is -0.494 e. The Morgan fingerprint density at radius 3 is 2.57 bits per heavy atom. The highest BCUT2D eigenvalue weighted by Gasteiger charge is 2.27. The van der Waals surface area contributed by atoms with Gasteiger partial charge in [-0.25, -0.2) is 9.37 Å². The first-order valence-corrected chi connectivity index (χ1v) is 17.1. The Labute approximate surface area is 261 Å². The average Bonchev–Trinajstić information content (AvgIpc) is 3.44. The highest BCUT2D eigenvalue weighted by atomic mass is 79.9. The summed E-state index contributed by atoms with van der Waals surface area (Å²) in [5.74, 6) is 0.235. The van der Waals surface area contributed by atoms with E-state index in [4.69, 9.17) is 9.47 Å². The fraction of sp³-hybridized carbons (Fsp3) is 0.276. The Hall–Kier alpha value is -4.13. The number of hydrogen-bond acceptors (Lipinski definition) is 11. The number of ether oxygens (including phenoxy) is 2. The smallest absolute Gasteiger partial charge is 0.229 e. The van der Waals surface area contributed by atoms with E-state index in [-0.39, 0.29) is 17.4 Å². The third kappa shape index (κ3) is 5.84. The monoisotopic (exact) mass is 681 g/mol. The SMILES string of the molecule is COc1cc(N2CCOCC2)c(-c2cnn(C)c2)c(F)c1Nc1ncc(Br)c(Nc2ccc3nccnc3c2P(C)(C)=O)n1. The number of fused-ring (bicyclic) bond motifs is 1. The van der Waals surface area contributed by atoms with Gasteiger partial charge in [0.05, 0.1) is 53.2 Å². The number of nitrogens with one attached hydrogen (secondary N) is 2. The number of aryl methyl sites for hydroxylation is 1. The van der Waals surface area contributed by atoms with Gasteiger partial charge in [0.15, 0.2) is 5.82 Å². The lowest BCUT2D eigenvalue weighted by Gasteiger charge is -2.31. The van der Waals surface area contributed by atoms with E-state index in [9.17, 15) is 4.57 Å². The molecule has 4 heterocycles. The molecule has 12 nitrogen and oxygen atoms in total. The molecule has 1 fully saturated rings. The Balaban J connectivity index is 1.41. The lowest BCUT2D eigenvalue weighted by molar-refractivity contribution is 0.122. The molecule has 0 amide bonds. The van der Waals surface area contributed by atoms with Crippen molar-refractivity contribution in [3.63, 3.8) is 0 Å². The van der Waals surface area contributed by atoms with E-state index in [1.165, 1.54) is 7.11 Å². The second-order valence-corrected chi connectivity index (χ2v) is 14.5. The summed E-state index contributed by atoms with van der Waals surface area (Å²) in [6, 6.07) is 5.40. The third-order valence-electron chi connectivity index (χ3n) is 7.16. The highest BCUT2D eigenvalue weighted by molar-refractivity contribution is 9.10. The molecule has 0 saturated carbocycles. The molecule has 2 N–H and O–H groups in total. The molecular weight excluding hydrogens is 652 g/mol. The number of halogens is 2. The summed E-state index contributed by atoms with van der Waals surface area (Å²) in [7, 11) is 0.459. The number of anilines is 5. The number of hydrogen-bond donors (Lipinski definition) is 2. The van der Waals surface area contributed by atoms with Crippen molar-refractivity contribution in [1.82, 2.24) is 29.7 Å². The van der Waals surface area contributed by atoms with Crippen molar-refractivity contribution in [3.8, 4) is 16.9 Å². The van der Waals surface area contributed by atoms with Crippen LogP contribution in [0.1, 0.15) is 0 Å². The fourth-order valence-electron chi connectivity index (χ4n) is 5.19. The summed E-state index contributed by atoms with van der Waals surface area (Å²) < 4.78 is 43.4. The quantitative estimate of drug-likeness (QED) is 0.207. The van der Waals surface area contributed by atoms with Crippen molar-refractivity contribution in [2.75, 3.05) is 62.3 Å². The lowest BCUT2D eigenvalue weighted by atomic mass is 10.0. The van der Waals surface area contributed by atoms with Crippen LogP contribution < -0.4 is 25.6 Å². The number of rotatable bonds is 8. The maximum Gasteiger partial charge on any atom is 0.229 e. The summed E-state index contributed by atoms with van der Waals surface area (Å²) in [6.45, 7) is 5.65. The van der Waals surface area contributed by atoms with Gasteiger partial charge in [-0.05, 0) is 41.4 Å². The minimum atomic E-state index is -2.81. The van der Waals surface area contributed by atoms with Gasteiger partial charge in [0.2, 0.25) is 5.95 Å². The molecule has 5 aromatic rings. The first kappa shape index (κ1) is 29.9. The second kappa shape index (κ2) is 12.1. The average molecular weight is 682 g/mol. The zero-order chi connectivity index (χ0) is 31.0. The molecule has 1 aliphatic heterocycles.